The molecule has 0 aliphatic carbocycles. The van der Waals surface area contributed by atoms with Crippen molar-refractivity contribution in [2.75, 3.05) is 9.80 Å². The highest BCUT2D eigenvalue weighted by Crippen LogP contribution is 2.50. The molecule has 0 unspecified atom stereocenters. The largest absolute Gasteiger partial charge is 0.309 e. The fourth-order valence-electron chi connectivity index (χ4n) is 14.3. The molecule has 2 aromatic heterocycles. The lowest BCUT2D eigenvalue weighted by Crippen LogP contribution is -2.61. The predicted octanol–water partition coefficient (Wildman–Crippen LogP) is 19.9. The zero-order chi connectivity index (χ0) is 57.9. The number of aromatic nitrogens is 2. The molecule has 15 aromatic rings. The molecule has 0 spiro atoms. The number of hydrogen-bond donors (Lipinski definition) is 0. The number of benzene rings is 13. The Labute approximate surface area is 507 Å². The lowest BCUT2D eigenvalue weighted by atomic mass is 9.33. The monoisotopic (exact) mass is 1110 g/mol. The van der Waals surface area contributed by atoms with E-state index in [1.807, 2.05) is 0 Å². The van der Waals surface area contributed by atoms with Gasteiger partial charge in [0.25, 0.3) is 6.71 Å². The summed E-state index contributed by atoms with van der Waals surface area (Å²) >= 11 is 0. The number of hydrogen-bond acceptors (Lipinski definition) is 2. The smallest absolute Gasteiger partial charge is 0.252 e. The number of anilines is 6. The Kier molecular flexibility index (Phi) is 11.6. The fourth-order valence-corrected chi connectivity index (χ4v) is 14.3. The van der Waals surface area contributed by atoms with Gasteiger partial charge in [0.2, 0.25) is 0 Å². The average Bonchev–Trinajstić information content (AvgIpc) is 0.828. The van der Waals surface area contributed by atoms with Crippen LogP contribution >= 0.6 is 0 Å². The normalized spacial score (nSPS) is 12.7. The van der Waals surface area contributed by atoms with Crippen LogP contribution in [0.5, 0.6) is 0 Å². The predicted molar refractivity (Wildman–Crippen MR) is 370 cm³/mol. The van der Waals surface area contributed by atoms with Gasteiger partial charge in [0.1, 0.15) is 0 Å². The van der Waals surface area contributed by atoms with Crippen LogP contribution in [0.1, 0.15) is 26.3 Å². The van der Waals surface area contributed by atoms with Crippen LogP contribution in [-0.4, -0.2) is 15.8 Å². The first kappa shape index (κ1) is 50.6. The first-order valence-corrected chi connectivity index (χ1v) is 30.4. The highest BCUT2D eigenvalue weighted by atomic mass is 15.2. The molecule has 0 amide bonds. The van der Waals surface area contributed by atoms with E-state index in [1.54, 1.807) is 0 Å². The summed E-state index contributed by atoms with van der Waals surface area (Å²) in [6.45, 7) is 7.03. The lowest BCUT2D eigenvalue weighted by Gasteiger charge is -2.45. The van der Waals surface area contributed by atoms with E-state index in [0.717, 1.165) is 44.8 Å². The first-order chi connectivity index (χ1) is 42.8. The summed E-state index contributed by atoms with van der Waals surface area (Å²) in [4.78, 5) is 5.21. The van der Waals surface area contributed by atoms with E-state index >= 15 is 0 Å². The molecule has 4 heterocycles. The lowest BCUT2D eigenvalue weighted by molar-refractivity contribution is 0.590. The summed E-state index contributed by atoms with van der Waals surface area (Å²) in [5, 5.41) is 4.86. The van der Waals surface area contributed by atoms with Crippen LogP contribution in [0.15, 0.2) is 303 Å². The molecule has 87 heavy (non-hydrogen) atoms. The van der Waals surface area contributed by atoms with Gasteiger partial charge < -0.3 is 18.9 Å². The Morgan fingerprint density at radius 3 is 0.828 bits per heavy atom. The van der Waals surface area contributed by atoms with Crippen LogP contribution in [0.4, 0.5) is 34.1 Å². The van der Waals surface area contributed by atoms with E-state index in [2.05, 4.69) is 343 Å². The van der Waals surface area contributed by atoms with Gasteiger partial charge in [-0.15, -0.1) is 0 Å². The van der Waals surface area contributed by atoms with Crippen molar-refractivity contribution in [2.45, 2.75) is 26.2 Å². The van der Waals surface area contributed by atoms with Gasteiger partial charge in [-0.3, -0.25) is 0 Å². The van der Waals surface area contributed by atoms with Crippen LogP contribution in [0.25, 0.3) is 99.5 Å². The van der Waals surface area contributed by atoms with Crippen molar-refractivity contribution in [1.82, 2.24) is 9.13 Å². The van der Waals surface area contributed by atoms with Gasteiger partial charge in [0.15, 0.2) is 0 Å². The van der Waals surface area contributed by atoms with Crippen molar-refractivity contribution in [3.63, 3.8) is 0 Å². The van der Waals surface area contributed by atoms with E-state index in [-0.39, 0.29) is 12.1 Å². The molecule has 0 saturated carbocycles. The third-order valence-electron chi connectivity index (χ3n) is 18.4. The molecule has 2 aliphatic heterocycles. The molecule has 2 aliphatic rings. The molecule has 17 rings (SSSR count). The maximum atomic E-state index is 2.61. The van der Waals surface area contributed by atoms with Gasteiger partial charge in [-0.05, 0) is 145 Å². The third-order valence-corrected chi connectivity index (χ3v) is 18.4. The Bertz CT molecular complexity index is 4700. The zero-order valence-corrected chi connectivity index (χ0v) is 48.7. The van der Waals surface area contributed by atoms with Crippen LogP contribution in [0.2, 0.25) is 0 Å². The maximum Gasteiger partial charge on any atom is 0.252 e. The summed E-state index contributed by atoms with van der Waals surface area (Å²) in [6, 6.07) is 113. The highest BCUT2D eigenvalue weighted by Gasteiger charge is 2.45. The minimum Gasteiger partial charge on any atom is -0.309 e. The van der Waals surface area contributed by atoms with Crippen LogP contribution in [-0.2, 0) is 5.41 Å². The Balaban J connectivity index is 0.938. The average molecular weight is 1110 g/mol. The van der Waals surface area contributed by atoms with E-state index in [4.69, 9.17) is 0 Å². The molecule has 0 atom stereocenters. The topological polar surface area (TPSA) is 16.3 Å². The molecule has 0 saturated heterocycles. The number of para-hydroxylation sites is 6. The second-order valence-electron chi connectivity index (χ2n) is 24.4. The zero-order valence-electron chi connectivity index (χ0n) is 48.7. The van der Waals surface area contributed by atoms with E-state index < -0.39 is 0 Å². The van der Waals surface area contributed by atoms with Crippen molar-refractivity contribution in [2.24, 2.45) is 0 Å². The standard InChI is InChI=1S/C82H59BN4/c1-82(2,3)62-52-79-81-80(53-62)85(72-37-21-23-39-74(72)87-77-50-60(56-28-12-6-13-29-56)42-46-65(77)66-47-43-61(51-78(66)87)57-30-14-7-15-31-57)70-35-19-17-33-68(70)83(81)67-32-16-18-34-69(67)84(79)71-36-20-22-38-73(71)86-75-48-58(54-24-8-4-9-25-54)40-44-63(75)64-45-41-59(49-76(64)86)55-26-10-5-11-27-55/h4-53H,1-3H3. The number of rotatable bonds is 8. The second kappa shape index (κ2) is 19.9. The molecule has 4 nitrogen and oxygen atoms in total. The van der Waals surface area contributed by atoms with Gasteiger partial charge in [-0.25, -0.2) is 0 Å². The van der Waals surface area contributed by atoms with E-state index in [1.165, 1.54) is 111 Å². The van der Waals surface area contributed by atoms with E-state index in [0.29, 0.717) is 0 Å². The maximum absolute atomic E-state index is 2.61. The van der Waals surface area contributed by atoms with Gasteiger partial charge in [0.05, 0.1) is 44.8 Å². The Hall–Kier alpha value is -10.9. The van der Waals surface area contributed by atoms with Crippen LogP contribution < -0.4 is 26.2 Å². The minimum absolute atomic E-state index is 0.0616. The Morgan fingerprint density at radius 2 is 0.517 bits per heavy atom. The SMILES string of the molecule is CC(C)(C)c1cc2c3c(c1)N(c1ccccc1-n1c4cc(-c5ccccc5)ccc4c4ccc(-c5ccccc5)cc41)c1ccccc1B3c1ccccc1N2c1ccccc1-n1c2cc(-c3ccccc3)ccc2c2ccc(-c3ccccc3)cc21. The molecular weight excluding hydrogens is 1050 g/mol. The summed E-state index contributed by atoms with van der Waals surface area (Å²) in [6.07, 6.45) is 0. The summed E-state index contributed by atoms with van der Waals surface area (Å²) in [7, 11) is 0. The molecule has 5 heteroatoms. The molecule has 13 aromatic carbocycles. The van der Waals surface area contributed by atoms with Crippen molar-refractivity contribution in [3.8, 4) is 55.9 Å². The van der Waals surface area contributed by atoms with Crippen molar-refractivity contribution in [3.05, 3.63) is 309 Å². The van der Waals surface area contributed by atoms with Crippen LogP contribution in [0, 0.1) is 0 Å². The molecule has 0 radical (unpaired) electrons. The van der Waals surface area contributed by atoms with Crippen molar-refractivity contribution >= 4 is 101 Å². The molecule has 0 fully saturated rings. The highest BCUT2D eigenvalue weighted by molar-refractivity contribution is 7.00. The van der Waals surface area contributed by atoms with Crippen LogP contribution in [0.3, 0.4) is 0 Å². The molecule has 410 valence electrons. The molecule has 0 bridgehead atoms. The quantitative estimate of drug-likeness (QED) is 0.141. The number of nitrogens with zero attached hydrogens (tertiary/aromatic N) is 4. The summed E-state index contributed by atoms with van der Waals surface area (Å²) < 4.78 is 5.09. The van der Waals surface area contributed by atoms with Gasteiger partial charge in [-0.1, -0.05) is 251 Å². The van der Waals surface area contributed by atoms with Crippen molar-refractivity contribution < 1.29 is 0 Å². The van der Waals surface area contributed by atoms with E-state index in [9.17, 15) is 0 Å². The first-order valence-electron chi connectivity index (χ1n) is 30.4. The van der Waals surface area contributed by atoms with Gasteiger partial charge in [0, 0.05) is 44.3 Å². The fraction of sp³-hybridized carbons (Fsp3) is 0.0488. The van der Waals surface area contributed by atoms with Crippen molar-refractivity contribution in [1.29, 1.82) is 0 Å². The van der Waals surface area contributed by atoms with Gasteiger partial charge in [-0.2, -0.15) is 0 Å². The summed E-state index contributed by atoms with van der Waals surface area (Å²) in [5.74, 6) is 0. The summed E-state index contributed by atoms with van der Waals surface area (Å²) in [5.41, 5.74) is 28.1. The number of fused-ring (bicyclic) bond motifs is 10. The second-order valence-corrected chi connectivity index (χ2v) is 24.4. The minimum atomic E-state index is -0.228. The molecule has 0 N–H and O–H groups in total. The third kappa shape index (κ3) is 8.07. The Morgan fingerprint density at radius 1 is 0.241 bits per heavy atom. The molecular formula is C82H59BN4. The van der Waals surface area contributed by atoms with Gasteiger partial charge >= 0.3 is 0 Å².